The molecule has 0 saturated heterocycles. The van der Waals surface area contributed by atoms with Crippen LogP contribution in [0.4, 0.5) is 0 Å². The molecule has 3 nitrogen and oxygen atoms in total. The Labute approximate surface area is 131 Å². The van der Waals surface area contributed by atoms with E-state index >= 15 is 0 Å². The summed E-state index contributed by atoms with van der Waals surface area (Å²) in [6.45, 7) is 3.97. The number of benzene rings is 2. The van der Waals surface area contributed by atoms with Crippen LogP contribution in [0.5, 0.6) is 5.75 Å². The molecule has 1 amide bonds. The van der Waals surface area contributed by atoms with Gasteiger partial charge in [-0.3, -0.25) is 4.79 Å². The first kappa shape index (κ1) is 15.8. The van der Waals surface area contributed by atoms with Crippen molar-refractivity contribution >= 4 is 12.0 Å². The van der Waals surface area contributed by atoms with Gasteiger partial charge in [0.05, 0.1) is 13.2 Å². The van der Waals surface area contributed by atoms with Crippen LogP contribution in [0, 0.1) is 6.92 Å². The Hall–Kier alpha value is -2.55. The van der Waals surface area contributed by atoms with Gasteiger partial charge in [-0.25, -0.2) is 0 Å². The molecule has 114 valence electrons. The number of nitrogens with one attached hydrogen (secondary N) is 1. The minimum Gasteiger partial charge on any atom is -0.496 e. The van der Waals surface area contributed by atoms with Gasteiger partial charge in [0.1, 0.15) is 5.75 Å². The molecule has 22 heavy (non-hydrogen) atoms. The van der Waals surface area contributed by atoms with Crippen molar-refractivity contribution in [2.45, 2.75) is 19.9 Å². The Kier molecular flexibility index (Phi) is 5.37. The normalized spacial score (nSPS) is 12.1. The van der Waals surface area contributed by atoms with Crippen LogP contribution >= 0.6 is 0 Å². The summed E-state index contributed by atoms with van der Waals surface area (Å²) in [6.07, 6.45) is 3.32. The number of hydrogen-bond donors (Lipinski definition) is 1. The number of carbonyl (C=O) groups is 1. The fourth-order valence-corrected chi connectivity index (χ4v) is 2.24. The average molecular weight is 295 g/mol. The Morgan fingerprint density at radius 1 is 1.18 bits per heavy atom. The van der Waals surface area contributed by atoms with Gasteiger partial charge >= 0.3 is 0 Å². The highest BCUT2D eigenvalue weighted by atomic mass is 16.5. The minimum atomic E-state index is -0.125. The fraction of sp³-hybridized carbons (Fsp3) is 0.211. The quantitative estimate of drug-likeness (QED) is 0.850. The molecular weight excluding hydrogens is 274 g/mol. The predicted octanol–water partition coefficient (Wildman–Crippen LogP) is 3.89. The van der Waals surface area contributed by atoms with E-state index in [0.717, 1.165) is 22.4 Å². The van der Waals surface area contributed by atoms with Gasteiger partial charge in [-0.15, -0.1) is 0 Å². The predicted molar refractivity (Wildman–Crippen MR) is 89.8 cm³/mol. The van der Waals surface area contributed by atoms with Crippen molar-refractivity contribution in [3.63, 3.8) is 0 Å². The molecule has 2 rings (SSSR count). The van der Waals surface area contributed by atoms with Gasteiger partial charge in [-0.1, -0.05) is 42.0 Å². The van der Waals surface area contributed by atoms with Crippen molar-refractivity contribution in [1.82, 2.24) is 5.32 Å². The van der Waals surface area contributed by atoms with Gasteiger partial charge in [0.15, 0.2) is 0 Å². The summed E-state index contributed by atoms with van der Waals surface area (Å²) in [6, 6.07) is 15.7. The molecular formula is C19H21NO2. The highest BCUT2D eigenvalue weighted by Crippen LogP contribution is 2.21. The molecule has 0 aromatic heterocycles. The van der Waals surface area contributed by atoms with Crippen molar-refractivity contribution in [2.75, 3.05) is 7.11 Å². The summed E-state index contributed by atoms with van der Waals surface area (Å²) in [4.78, 5) is 12.0. The molecule has 0 heterocycles. The number of amides is 1. The molecule has 0 bridgehead atoms. The molecule has 0 spiro atoms. The molecule has 1 N–H and O–H groups in total. The molecule has 3 heteroatoms. The lowest BCUT2D eigenvalue weighted by Crippen LogP contribution is -2.24. The second kappa shape index (κ2) is 7.46. The number of methoxy groups -OCH3 is 1. The lowest BCUT2D eigenvalue weighted by atomic mass is 10.1. The van der Waals surface area contributed by atoms with Crippen molar-refractivity contribution in [3.8, 4) is 5.75 Å². The third-order valence-electron chi connectivity index (χ3n) is 3.46. The topological polar surface area (TPSA) is 38.3 Å². The summed E-state index contributed by atoms with van der Waals surface area (Å²) in [5.74, 6) is 0.630. The van der Waals surface area contributed by atoms with E-state index < -0.39 is 0 Å². The maximum absolute atomic E-state index is 12.0. The zero-order valence-electron chi connectivity index (χ0n) is 13.2. The van der Waals surface area contributed by atoms with Gasteiger partial charge in [0.25, 0.3) is 0 Å². The lowest BCUT2D eigenvalue weighted by molar-refractivity contribution is -0.117. The lowest BCUT2D eigenvalue weighted by Gasteiger charge is -2.12. The van der Waals surface area contributed by atoms with E-state index in [1.54, 1.807) is 13.2 Å². The van der Waals surface area contributed by atoms with E-state index in [0.29, 0.717) is 0 Å². The summed E-state index contributed by atoms with van der Waals surface area (Å²) >= 11 is 0. The van der Waals surface area contributed by atoms with E-state index in [2.05, 4.69) is 5.32 Å². The van der Waals surface area contributed by atoms with E-state index in [-0.39, 0.29) is 11.9 Å². The summed E-state index contributed by atoms with van der Waals surface area (Å²) in [5, 5.41) is 2.95. The van der Waals surface area contributed by atoms with Crippen molar-refractivity contribution in [1.29, 1.82) is 0 Å². The average Bonchev–Trinajstić information content (AvgIpc) is 2.54. The van der Waals surface area contributed by atoms with Gasteiger partial charge in [0, 0.05) is 11.6 Å². The van der Waals surface area contributed by atoms with Gasteiger partial charge in [-0.05, 0) is 37.6 Å². The molecule has 1 atom stereocenters. The third-order valence-corrected chi connectivity index (χ3v) is 3.46. The van der Waals surface area contributed by atoms with Crippen molar-refractivity contribution in [3.05, 3.63) is 71.3 Å². The molecule has 0 unspecified atom stereocenters. The van der Waals surface area contributed by atoms with E-state index in [1.807, 2.05) is 62.4 Å². The van der Waals surface area contributed by atoms with Crippen LogP contribution in [-0.2, 0) is 4.79 Å². The number of aryl methyl sites for hydroxylation is 1. The van der Waals surface area contributed by atoms with Gasteiger partial charge in [0.2, 0.25) is 5.91 Å². The Morgan fingerprint density at radius 2 is 1.91 bits per heavy atom. The van der Waals surface area contributed by atoms with E-state index in [1.165, 1.54) is 6.08 Å². The van der Waals surface area contributed by atoms with E-state index in [9.17, 15) is 4.79 Å². The van der Waals surface area contributed by atoms with Gasteiger partial charge < -0.3 is 10.1 Å². The first-order valence-corrected chi connectivity index (χ1v) is 7.28. The van der Waals surface area contributed by atoms with Crippen LogP contribution in [0.2, 0.25) is 0 Å². The van der Waals surface area contributed by atoms with Crippen LogP contribution in [0.3, 0.4) is 0 Å². The molecule has 2 aromatic rings. The Balaban J connectivity index is 2.04. The fourth-order valence-electron chi connectivity index (χ4n) is 2.24. The third kappa shape index (κ3) is 4.22. The standard InChI is InChI=1S/C19H21NO2/c1-14-9-11-18(22-3)17(13-14)10-12-19(21)20-15(2)16-7-5-4-6-8-16/h4-13,15H,1-3H3,(H,20,21)/b12-10+/t15-/m1/s1. The largest absolute Gasteiger partial charge is 0.496 e. The molecule has 0 aliphatic carbocycles. The zero-order chi connectivity index (χ0) is 15.9. The van der Waals surface area contributed by atoms with Crippen molar-refractivity contribution < 1.29 is 9.53 Å². The maximum atomic E-state index is 12.0. The molecule has 0 aliphatic rings. The first-order chi connectivity index (χ1) is 10.6. The molecule has 0 saturated carbocycles. The first-order valence-electron chi connectivity index (χ1n) is 7.28. The summed E-state index contributed by atoms with van der Waals surface area (Å²) in [7, 11) is 1.62. The number of carbonyl (C=O) groups excluding carboxylic acids is 1. The Bertz CT molecular complexity index is 662. The highest BCUT2D eigenvalue weighted by Gasteiger charge is 2.07. The molecule has 0 fully saturated rings. The molecule has 0 radical (unpaired) electrons. The summed E-state index contributed by atoms with van der Waals surface area (Å²) in [5.41, 5.74) is 3.10. The SMILES string of the molecule is COc1ccc(C)cc1/C=C/C(=O)N[C@H](C)c1ccccc1. The molecule has 2 aromatic carbocycles. The monoisotopic (exact) mass is 295 g/mol. The second-order valence-corrected chi connectivity index (χ2v) is 5.22. The Morgan fingerprint density at radius 3 is 2.59 bits per heavy atom. The van der Waals surface area contributed by atoms with Crippen LogP contribution in [0.1, 0.15) is 29.7 Å². The van der Waals surface area contributed by atoms with Crippen LogP contribution < -0.4 is 10.1 Å². The van der Waals surface area contributed by atoms with Crippen LogP contribution in [-0.4, -0.2) is 13.0 Å². The van der Waals surface area contributed by atoms with Crippen LogP contribution in [0.25, 0.3) is 6.08 Å². The summed E-state index contributed by atoms with van der Waals surface area (Å²) < 4.78 is 5.30. The van der Waals surface area contributed by atoms with Gasteiger partial charge in [-0.2, -0.15) is 0 Å². The number of ether oxygens (including phenoxy) is 1. The molecule has 0 aliphatic heterocycles. The van der Waals surface area contributed by atoms with Crippen molar-refractivity contribution in [2.24, 2.45) is 0 Å². The smallest absolute Gasteiger partial charge is 0.244 e. The maximum Gasteiger partial charge on any atom is 0.244 e. The second-order valence-electron chi connectivity index (χ2n) is 5.22. The highest BCUT2D eigenvalue weighted by molar-refractivity contribution is 5.92. The number of rotatable bonds is 5. The number of hydrogen-bond acceptors (Lipinski definition) is 2. The van der Waals surface area contributed by atoms with Crippen LogP contribution in [0.15, 0.2) is 54.6 Å². The zero-order valence-corrected chi connectivity index (χ0v) is 13.2. The minimum absolute atomic E-state index is 0.0299. The van der Waals surface area contributed by atoms with E-state index in [4.69, 9.17) is 4.74 Å².